The minimum Gasteiger partial charge on any atom is -0.503 e. The van der Waals surface area contributed by atoms with Gasteiger partial charge in [-0.2, -0.15) is 14.4 Å². The number of hydrogen-bond donors (Lipinski definition) is 2. The first-order valence-corrected chi connectivity index (χ1v) is 7.82. The molecule has 4 rings (SSSR count). The Bertz CT molecular complexity index is 924. The number of benzene rings is 1. The molecular formula is C16H16FN5O3. The Labute approximate surface area is 142 Å². The molecule has 0 bridgehead atoms. The fourth-order valence-corrected chi connectivity index (χ4v) is 2.88. The standard InChI is InChI=1S/C16H16FN5O3/c1-24-10-5-2-4-9(13(10)23)19-14-12-15(21-16(17)20-14)22(8-18-12)11-6-3-7-25-11/h2,4-5,8,11,23H,3,6-7H2,1H3,(H,19,20,21). The summed E-state index contributed by atoms with van der Waals surface area (Å²) in [6.45, 7) is 0.653. The first-order valence-electron chi connectivity index (χ1n) is 7.82. The van der Waals surface area contributed by atoms with Crippen LogP contribution >= 0.6 is 0 Å². The Morgan fingerprint density at radius 1 is 1.40 bits per heavy atom. The molecule has 0 spiro atoms. The molecule has 2 N–H and O–H groups in total. The van der Waals surface area contributed by atoms with Crippen LogP contribution in [0.1, 0.15) is 19.1 Å². The Hall–Kier alpha value is -2.94. The van der Waals surface area contributed by atoms with Crippen LogP contribution in [0.3, 0.4) is 0 Å². The molecule has 2 aromatic heterocycles. The van der Waals surface area contributed by atoms with Gasteiger partial charge < -0.3 is 19.9 Å². The van der Waals surface area contributed by atoms with E-state index in [9.17, 15) is 9.50 Å². The second-order valence-electron chi connectivity index (χ2n) is 5.61. The number of ether oxygens (including phenoxy) is 2. The van der Waals surface area contributed by atoms with E-state index in [-0.39, 0.29) is 17.8 Å². The van der Waals surface area contributed by atoms with Gasteiger partial charge in [0.1, 0.15) is 6.23 Å². The van der Waals surface area contributed by atoms with Crippen LogP contribution in [0.15, 0.2) is 24.5 Å². The highest BCUT2D eigenvalue weighted by Crippen LogP contribution is 2.36. The number of methoxy groups -OCH3 is 1. The van der Waals surface area contributed by atoms with Crippen LogP contribution in [-0.2, 0) is 4.74 Å². The second-order valence-corrected chi connectivity index (χ2v) is 5.61. The van der Waals surface area contributed by atoms with Gasteiger partial charge in [-0.25, -0.2) is 4.98 Å². The van der Waals surface area contributed by atoms with E-state index in [1.165, 1.54) is 7.11 Å². The van der Waals surface area contributed by atoms with Gasteiger partial charge in [0.15, 0.2) is 28.5 Å². The summed E-state index contributed by atoms with van der Waals surface area (Å²) in [6.07, 6.45) is 2.21. The summed E-state index contributed by atoms with van der Waals surface area (Å²) in [4.78, 5) is 11.9. The molecule has 25 heavy (non-hydrogen) atoms. The summed E-state index contributed by atoms with van der Waals surface area (Å²) in [5.74, 6) is 0.346. The van der Waals surface area contributed by atoms with E-state index in [1.54, 1.807) is 29.1 Å². The number of halogens is 1. The molecule has 0 saturated carbocycles. The van der Waals surface area contributed by atoms with Crippen molar-refractivity contribution in [3.63, 3.8) is 0 Å². The maximum absolute atomic E-state index is 14.0. The van der Waals surface area contributed by atoms with Crippen molar-refractivity contribution >= 4 is 22.7 Å². The predicted molar refractivity (Wildman–Crippen MR) is 87.4 cm³/mol. The zero-order valence-corrected chi connectivity index (χ0v) is 13.4. The van der Waals surface area contributed by atoms with Gasteiger partial charge in [0.2, 0.25) is 0 Å². The number of aromatic nitrogens is 4. The first kappa shape index (κ1) is 15.6. The number of hydrogen-bond acceptors (Lipinski definition) is 7. The number of imidazole rings is 1. The Kier molecular flexibility index (Phi) is 3.85. The molecule has 9 heteroatoms. The van der Waals surface area contributed by atoms with Crippen molar-refractivity contribution in [1.29, 1.82) is 0 Å². The van der Waals surface area contributed by atoms with Gasteiger partial charge in [0.05, 0.1) is 19.1 Å². The number of rotatable bonds is 4. The highest BCUT2D eigenvalue weighted by Gasteiger charge is 2.23. The monoisotopic (exact) mass is 345 g/mol. The van der Waals surface area contributed by atoms with E-state index in [0.29, 0.717) is 29.2 Å². The van der Waals surface area contributed by atoms with Crippen LogP contribution in [0, 0.1) is 6.08 Å². The van der Waals surface area contributed by atoms with Gasteiger partial charge in [0.25, 0.3) is 0 Å². The molecule has 0 aliphatic carbocycles. The summed E-state index contributed by atoms with van der Waals surface area (Å²) in [6, 6.07) is 4.93. The third-order valence-corrected chi connectivity index (χ3v) is 4.08. The second kappa shape index (κ2) is 6.17. The fraction of sp³-hybridized carbons (Fsp3) is 0.312. The highest BCUT2D eigenvalue weighted by atomic mass is 19.1. The molecule has 0 amide bonds. The van der Waals surface area contributed by atoms with Crippen LogP contribution in [0.5, 0.6) is 11.5 Å². The summed E-state index contributed by atoms with van der Waals surface area (Å²) in [7, 11) is 1.45. The van der Waals surface area contributed by atoms with E-state index in [4.69, 9.17) is 9.47 Å². The molecule has 3 heterocycles. The van der Waals surface area contributed by atoms with E-state index in [1.807, 2.05) is 0 Å². The lowest BCUT2D eigenvalue weighted by molar-refractivity contribution is 0.0592. The van der Waals surface area contributed by atoms with Crippen molar-refractivity contribution < 1.29 is 19.0 Å². The molecule has 1 aliphatic rings. The average Bonchev–Trinajstić information content (AvgIpc) is 3.25. The molecule has 130 valence electrons. The molecule has 1 aliphatic heterocycles. The molecule has 0 radical (unpaired) electrons. The smallest absolute Gasteiger partial charge is 0.312 e. The number of aromatic hydroxyl groups is 1. The summed E-state index contributed by atoms with van der Waals surface area (Å²) in [5, 5.41) is 13.1. The van der Waals surface area contributed by atoms with Gasteiger partial charge in [0, 0.05) is 6.61 Å². The van der Waals surface area contributed by atoms with Crippen LogP contribution in [0.4, 0.5) is 15.9 Å². The molecule has 8 nitrogen and oxygen atoms in total. The maximum Gasteiger partial charge on any atom is 0.312 e. The zero-order valence-electron chi connectivity index (χ0n) is 13.4. The third kappa shape index (κ3) is 2.72. The normalized spacial score (nSPS) is 17.1. The van der Waals surface area contributed by atoms with Crippen molar-refractivity contribution in [3.05, 3.63) is 30.6 Å². The number of phenols is 1. The highest BCUT2D eigenvalue weighted by molar-refractivity contribution is 5.86. The lowest BCUT2D eigenvalue weighted by atomic mass is 10.2. The van der Waals surface area contributed by atoms with Crippen LogP contribution in [-0.4, -0.2) is 38.3 Å². The fourth-order valence-electron chi connectivity index (χ4n) is 2.88. The van der Waals surface area contributed by atoms with Crippen LogP contribution < -0.4 is 10.1 Å². The van der Waals surface area contributed by atoms with Crippen molar-refractivity contribution in [2.45, 2.75) is 19.1 Å². The van der Waals surface area contributed by atoms with Crippen molar-refractivity contribution in [3.8, 4) is 11.5 Å². The molecule has 1 atom stereocenters. The number of nitrogens with one attached hydrogen (secondary N) is 1. The number of fused-ring (bicyclic) bond motifs is 1. The number of phenolic OH excluding ortho intramolecular Hbond substituents is 1. The SMILES string of the molecule is COc1cccc(Nc2nc(F)nc3c2ncn3C2CCCO2)c1O. The predicted octanol–water partition coefficient (Wildman–Crippen LogP) is 2.73. The Morgan fingerprint density at radius 2 is 2.28 bits per heavy atom. The minimum atomic E-state index is -0.892. The summed E-state index contributed by atoms with van der Waals surface area (Å²) < 4.78 is 26.3. The zero-order chi connectivity index (χ0) is 17.4. The van der Waals surface area contributed by atoms with Crippen molar-refractivity contribution in [2.24, 2.45) is 0 Å². The Balaban J connectivity index is 1.77. The van der Waals surface area contributed by atoms with Crippen molar-refractivity contribution in [2.75, 3.05) is 19.0 Å². The van der Waals surface area contributed by atoms with Gasteiger partial charge in [-0.3, -0.25) is 4.57 Å². The molecular weight excluding hydrogens is 329 g/mol. The minimum absolute atomic E-state index is 0.101. The first-order chi connectivity index (χ1) is 12.2. The maximum atomic E-state index is 14.0. The summed E-state index contributed by atoms with van der Waals surface area (Å²) >= 11 is 0. The molecule has 1 saturated heterocycles. The van der Waals surface area contributed by atoms with Crippen molar-refractivity contribution in [1.82, 2.24) is 19.5 Å². The number of anilines is 2. The number of nitrogens with zero attached hydrogens (tertiary/aromatic N) is 4. The Morgan fingerprint density at radius 3 is 3.04 bits per heavy atom. The van der Waals surface area contributed by atoms with E-state index in [2.05, 4.69) is 20.3 Å². The van der Waals surface area contributed by atoms with Gasteiger partial charge in [-0.05, 0) is 25.0 Å². The molecule has 1 aromatic carbocycles. The molecule has 3 aromatic rings. The van der Waals surface area contributed by atoms with Crippen LogP contribution in [0.2, 0.25) is 0 Å². The largest absolute Gasteiger partial charge is 0.503 e. The molecule has 1 unspecified atom stereocenters. The lowest BCUT2D eigenvalue weighted by Gasteiger charge is -2.13. The summed E-state index contributed by atoms with van der Waals surface area (Å²) in [5.41, 5.74) is 1.05. The van der Waals surface area contributed by atoms with E-state index in [0.717, 1.165) is 12.8 Å². The lowest BCUT2D eigenvalue weighted by Crippen LogP contribution is -2.08. The van der Waals surface area contributed by atoms with E-state index < -0.39 is 6.08 Å². The molecule has 1 fully saturated rings. The van der Waals surface area contributed by atoms with Gasteiger partial charge in [-0.15, -0.1) is 0 Å². The van der Waals surface area contributed by atoms with Gasteiger partial charge >= 0.3 is 6.08 Å². The number of para-hydroxylation sites is 1. The van der Waals surface area contributed by atoms with Crippen LogP contribution in [0.25, 0.3) is 11.2 Å². The van der Waals surface area contributed by atoms with E-state index >= 15 is 0 Å². The quantitative estimate of drug-likeness (QED) is 0.554. The third-order valence-electron chi connectivity index (χ3n) is 4.08. The topological polar surface area (TPSA) is 94.3 Å². The average molecular weight is 345 g/mol. The van der Waals surface area contributed by atoms with Gasteiger partial charge in [-0.1, -0.05) is 6.07 Å².